The van der Waals surface area contributed by atoms with Crippen molar-refractivity contribution in [2.45, 2.75) is 18.8 Å². The lowest BCUT2D eigenvalue weighted by Gasteiger charge is -2.05. The summed E-state index contributed by atoms with van der Waals surface area (Å²) in [6.45, 7) is 0. The molecular formula is C14H11F2N3O. The Bertz CT molecular complexity index is 654. The Morgan fingerprint density at radius 3 is 2.50 bits per heavy atom. The molecule has 1 saturated carbocycles. The molecule has 3 rings (SSSR count). The summed E-state index contributed by atoms with van der Waals surface area (Å²) in [7, 11) is 0. The van der Waals surface area contributed by atoms with E-state index >= 15 is 0 Å². The van der Waals surface area contributed by atoms with Gasteiger partial charge < -0.3 is 5.32 Å². The van der Waals surface area contributed by atoms with Gasteiger partial charge >= 0.3 is 0 Å². The highest BCUT2D eigenvalue weighted by molar-refractivity contribution is 6.02. The van der Waals surface area contributed by atoms with E-state index in [2.05, 4.69) is 15.5 Å². The van der Waals surface area contributed by atoms with Crippen molar-refractivity contribution in [3.63, 3.8) is 0 Å². The molecule has 1 aliphatic carbocycles. The molecule has 1 aromatic carbocycles. The zero-order valence-corrected chi connectivity index (χ0v) is 10.4. The van der Waals surface area contributed by atoms with Gasteiger partial charge in [-0.25, -0.2) is 8.78 Å². The van der Waals surface area contributed by atoms with E-state index in [1.807, 2.05) is 0 Å². The first-order valence-electron chi connectivity index (χ1n) is 6.23. The molecular weight excluding hydrogens is 264 g/mol. The van der Waals surface area contributed by atoms with E-state index in [0.29, 0.717) is 5.92 Å². The number of benzene rings is 1. The maximum atomic E-state index is 13.0. The van der Waals surface area contributed by atoms with Gasteiger partial charge in [-0.3, -0.25) is 4.79 Å². The fourth-order valence-electron chi connectivity index (χ4n) is 1.83. The molecule has 1 N–H and O–H groups in total. The highest BCUT2D eigenvalue weighted by Gasteiger charge is 2.25. The van der Waals surface area contributed by atoms with E-state index < -0.39 is 17.5 Å². The number of nitrogens with one attached hydrogen (secondary N) is 1. The fourth-order valence-corrected chi connectivity index (χ4v) is 1.83. The maximum absolute atomic E-state index is 13.0. The van der Waals surface area contributed by atoms with Crippen LogP contribution < -0.4 is 5.32 Å². The van der Waals surface area contributed by atoms with Crippen molar-refractivity contribution in [2.24, 2.45) is 0 Å². The summed E-state index contributed by atoms with van der Waals surface area (Å²) in [6.07, 6.45) is 2.21. The molecule has 0 bridgehead atoms. The van der Waals surface area contributed by atoms with Gasteiger partial charge in [-0.1, -0.05) is 0 Å². The van der Waals surface area contributed by atoms with E-state index in [1.54, 1.807) is 12.1 Å². The van der Waals surface area contributed by atoms with Crippen LogP contribution in [-0.2, 0) is 0 Å². The third-order valence-electron chi connectivity index (χ3n) is 3.09. The molecule has 0 spiro atoms. The minimum Gasteiger partial charge on any atom is -0.320 e. The summed E-state index contributed by atoms with van der Waals surface area (Å²) in [5.74, 6) is -2.02. The molecule has 6 heteroatoms. The van der Waals surface area contributed by atoms with Crippen LogP contribution in [0.4, 0.5) is 14.5 Å². The fraction of sp³-hybridized carbons (Fsp3) is 0.214. The number of halogens is 2. The summed E-state index contributed by atoms with van der Waals surface area (Å²) < 4.78 is 25.8. The second kappa shape index (κ2) is 4.96. The van der Waals surface area contributed by atoms with Gasteiger partial charge in [0.15, 0.2) is 17.3 Å². The first-order chi connectivity index (χ1) is 9.63. The highest BCUT2D eigenvalue weighted by Crippen LogP contribution is 2.38. The molecule has 2 aromatic rings. The molecule has 1 aliphatic rings. The Labute approximate surface area is 113 Å². The van der Waals surface area contributed by atoms with Crippen LogP contribution in [-0.4, -0.2) is 16.1 Å². The van der Waals surface area contributed by atoms with Crippen LogP contribution in [0.15, 0.2) is 30.3 Å². The Morgan fingerprint density at radius 1 is 1.10 bits per heavy atom. The van der Waals surface area contributed by atoms with Gasteiger partial charge in [0.25, 0.3) is 5.91 Å². The van der Waals surface area contributed by atoms with Crippen molar-refractivity contribution in [3.8, 4) is 0 Å². The van der Waals surface area contributed by atoms with Gasteiger partial charge in [0.2, 0.25) is 0 Å². The lowest BCUT2D eigenvalue weighted by molar-refractivity contribution is 0.102. The number of carbonyl (C=O) groups is 1. The van der Waals surface area contributed by atoms with Crippen molar-refractivity contribution < 1.29 is 13.6 Å². The molecule has 0 saturated heterocycles. The van der Waals surface area contributed by atoms with Crippen LogP contribution in [0.5, 0.6) is 0 Å². The molecule has 0 atom stereocenters. The van der Waals surface area contributed by atoms with E-state index in [4.69, 9.17) is 0 Å². The number of hydrogen-bond donors (Lipinski definition) is 1. The largest absolute Gasteiger partial charge is 0.320 e. The van der Waals surface area contributed by atoms with Gasteiger partial charge in [0.05, 0.1) is 5.69 Å². The number of aromatic nitrogens is 2. The predicted octanol–water partition coefficient (Wildman–Crippen LogP) is 2.88. The van der Waals surface area contributed by atoms with E-state index in [9.17, 15) is 13.6 Å². The molecule has 4 nitrogen and oxygen atoms in total. The van der Waals surface area contributed by atoms with Crippen molar-refractivity contribution in [1.29, 1.82) is 0 Å². The Morgan fingerprint density at radius 2 is 1.90 bits per heavy atom. The normalized spacial score (nSPS) is 14.1. The lowest BCUT2D eigenvalue weighted by atomic mass is 10.2. The summed E-state index contributed by atoms with van der Waals surface area (Å²) in [5, 5.41) is 10.3. The Kier molecular flexibility index (Phi) is 3.14. The van der Waals surface area contributed by atoms with E-state index in [0.717, 1.165) is 30.7 Å². The van der Waals surface area contributed by atoms with Gasteiger partial charge in [-0.15, -0.1) is 5.10 Å². The molecule has 0 aliphatic heterocycles. The van der Waals surface area contributed by atoms with Crippen LogP contribution in [0.2, 0.25) is 0 Å². The topological polar surface area (TPSA) is 54.9 Å². The minimum absolute atomic E-state index is 0.138. The Balaban J connectivity index is 1.73. The van der Waals surface area contributed by atoms with Gasteiger partial charge in [-0.2, -0.15) is 5.10 Å². The number of rotatable bonds is 3. The predicted molar refractivity (Wildman–Crippen MR) is 68.3 cm³/mol. The molecule has 1 amide bonds. The van der Waals surface area contributed by atoms with Crippen LogP contribution in [0.1, 0.15) is 34.9 Å². The SMILES string of the molecule is O=C(Nc1ccc(F)c(F)c1)c1ccc(C2CC2)nn1. The number of hydrogen-bond acceptors (Lipinski definition) is 3. The third kappa shape index (κ3) is 2.64. The molecule has 0 unspecified atom stereocenters. The first kappa shape index (κ1) is 12.7. The maximum Gasteiger partial charge on any atom is 0.276 e. The zero-order chi connectivity index (χ0) is 14.1. The van der Waals surface area contributed by atoms with Crippen LogP contribution in [0, 0.1) is 11.6 Å². The molecule has 1 aromatic heterocycles. The molecule has 1 heterocycles. The van der Waals surface area contributed by atoms with Crippen molar-refractivity contribution >= 4 is 11.6 Å². The van der Waals surface area contributed by atoms with E-state index in [1.165, 1.54) is 6.07 Å². The summed E-state index contributed by atoms with van der Waals surface area (Å²) >= 11 is 0. The van der Waals surface area contributed by atoms with Gasteiger partial charge in [0, 0.05) is 17.7 Å². The molecule has 0 radical (unpaired) electrons. The second-order valence-electron chi connectivity index (χ2n) is 4.70. The molecule has 20 heavy (non-hydrogen) atoms. The van der Waals surface area contributed by atoms with Gasteiger partial charge in [0.1, 0.15) is 0 Å². The number of anilines is 1. The summed E-state index contributed by atoms with van der Waals surface area (Å²) in [5.41, 5.74) is 1.19. The average molecular weight is 275 g/mol. The monoisotopic (exact) mass is 275 g/mol. The standard InChI is InChI=1S/C14H11F2N3O/c15-10-4-3-9(7-11(10)16)17-14(20)13-6-5-12(18-19-13)8-1-2-8/h3-8H,1-2H2,(H,17,20). The third-order valence-corrected chi connectivity index (χ3v) is 3.09. The van der Waals surface area contributed by atoms with Crippen LogP contribution >= 0.6 is 0 Å². The lowest BCUT2D eigenvalue weighted by Crippen LogP contribution is -2.14. The van der Waals surface area contributed by atoms with Crippen LogP contribution in [0.3, 0.4) is 0 Å². The summed E-state index contributed by atoms with van der Waals surface area (Å²) in [6, 6.07) is 6.50. The smallest absolute Gasteiger partial charge is 0.276 e. The average Bonchev–Trinajstić information content (AvgIpc) is 3.28. The molecule has 1 fully saturated rings. The van der Waals surface area contributed by atoms with Crippen LogP contribution in [0.25, 0.3) is 0 Å². The highest BCUT2D eigenvalue weighted by atomic mass is 19.2. The number of nitrogens with zero attached hydrogens (tertiary/aromatic N) is 2. The van der Waals surface area contributed by atoms with E-state index in [-0.39, 0.29) is 11.4 Å². The Hall–Kier alpha value is -2.37. The number of carbonyl (C=O) groups excluding carboxylic acids is 1. The van der Waals surface area contributed by atoms with Crippen molar-refractivity contribution in [1.82, 2.24) is 10.2 Å². The quantitative estimate of drug-likeness (QED) is 0.937. The molecule has 102 valence electrons. The first-order valence-corrected chi connectivity index (χ1v) is 6.23. The van der Waals surface area contributed by atoms with Gasteiger partial charge in [-0.05, 0) is 37.1 Å². The number of amides is 1. The zero-order valence-electron chi connectivity index (χ0n) is 10.4. The summed E-state index contributed by atoms with van der Waals surface area (Å²) in [4.78, 5) is 11.9. The second-order valence-corrected chi connectivity index (χ2v) is 4.70. The minimum atomic E-state index is -1.02. The van der Waals surface area contributed by atoms with Crippen molar-refractivity contribution in [2.75, 3.05) is 5.32 Å². The van der Waals surface area contributed by atoms with Crippen molar-refractivity contribution in [3.05, 3.63) is 53.4 Å².